The lowest BCUT2D eigenvalue weighted by molar-refractivity contribution is -0.124. The average Bonchev–Trinajstić information content (AvgIpc) is 4.30. The molecule has 1 atom stereocenters. The number of nitrogens with zero attached hydrogens (tertiary/aromatic N) is 4. The van der Waals surface area contributed by atoms with Crippen LogP contribution in [0.25, 0.3) is 22.0 Å². The smallest absolute Gasteiger partial charge is 0.261 e. The molecule has 10 heteroatoms. The summed E-state index contributed by atoms with van der Waals surface area (Å²) in [5.74, 6) is -0.213. The van der Waals surface area contributed by atoms with Crippen molar-refractivity contribution in [2.45, 2.75) is 193 Å². The van der Waals surface area contributed by atoms with Gasteiger partial charge in [0.05, 0.1) is 49.5 Å². The predicted octanol–water partition coefficient (Wildman–Crippen LogP) is 16.2. The number of fused-ring (bicyclic) bond motifs is 2. The van der Waals surface area contributed by atoms with E-state index in [1.165, 1.54) is 77.0 Å². The molecule has 0 N–H and O–H groups in total. The fourth-order valence-corrected chi connectivity index (χ4v) is 14.2. The fraction of sp³-hybridized carbons (Fsp3) is 0.531. The standard InChI is InChI=1S/C64H84N4O4S2/c1-5-9-13-17-21-31-43-65-57(47-35-27-25-28-36-47)53-55(63(65)71)59(67(61(53)69)45-33-23-19-15-11-7-3)51-41-39-49(73-51)50-40-42-52(74-50)60-56-54(62(70)68(60)46-34-24-20-16-12-8-4)58(48-37-29-26-30-38-48)66(64(56)72)44-32-22-18-14-10-6-2/h25-30,35-41,52H,5-24,31-34,42-46H2,1-4H3. The molecule has 5 aliphatic heterocycles. The van der Waals surface area contributed by atoms with Crippen molar-refractivity contribution in [2.75, 3.05) is 26.2 Å². The maximum Gasteiger partial charge on any atom is 0.261 e. The first-order valence-corrected chi connectivity index (χ1v) is 30.9. The number of thioether (sulfide) groups is 1. The van der Waals surface area contributed by atoms with Gasteiger partial charge >= 0.3 is 0 Å². The van der Waals surface area contributed by atoms with E-state index in [0.29, 0.717) is 54.9 Å². The lowest BCUT2D eigenvalue weighted by Gasteiger charge is -2.27. The number of allylic oxidation sites excluding steroid dienone is 1. The van der Waals surface area contributed by atoms with Gasteiger partial charge in [-0.25, -0.2) is 0 Å². The third-order valence-corrected chi connectivity index (χ3v) is 18.2. The molecule has 0 bridgehead atoms. The molecule has 0 aliphatic carbocycles. The Balaban J connectivity index is 1.11. The third kappa shape index (κ3) is 12.5. The summed E-state index contributed by atoms with van der Waals surface area (Å²) in [5.41, 5.74) is 7.25. The summed E-state index contributed by atoms with van der Waals surface area (Å²) in [5, 5.41) is -0.115. The summed E-state index contributed by atoms with van der Waals surface area (Å²) in [6, 6.07) is 24.4. The number of carbonyl (C=O) groups excluding carboxylic acids is 4. The molecule has 396 valence electrons. The van der Waals surface area contributed by atoms with Crippen molar-refractivity contribution >= 4 is 68.7 Å². The van der Waals surface area contributed by atoms with E-state index in [2.05, 4.69) is 45.9 Å². The highest BCUT2D eigenvalue weighted by molar-refractivity contribution is 8.09. The molecule has 74 heavy (non-hydrogen) atoms. The first-order valence-electron chi connectivity index (χ1n) is 29.2. The van der Waals surface area contributed by atoms with Crippen LogP contribution in [0.5, 0.6) is 0 Å². The third-order valence-electron chi connectivity index (χ3n) is 15.6. The Bertz CT molecular complexity index is 2590. The highest BCUT2D eigenvalue weighted by Crippen LogP contribution is 2.53. The second-order valence-electron chi connectivity index (χ2n) is 21.1. The average molecular weight is 1040 g/mol. The zero-order valence-corrected chi connectivity index (χ0v) is 47.0. The Morgan fingerprint density at radius 1 is 0.392 bits per heavy atom. The molecule has 8 rings (SSSR count). The van der Waals surface area contributed by atoms with E-state index in [4.69, 9.17) is 0 Å². The first-order chi connectivity index (χ1) is 36.3. The van der Waals surface area contributed by atoms with Gasteiger partial charge in [-0.15, -0.1) is 23.1 Å². The lowest BCUT2D eigenvalue weighted by atomic mass is 10.0. The minimum Gasteiger partial charge on any atom is -0.310 e. The normalized spacial score (nSPS) is 17.8. The van der Waals surface area contributed by atoms with Gasteiger partial charge < -0.3 is 19.6 Å². The summed E-state index contributed by atoms with van der Waals surface area (Å²) in [6.07, 6.45) is 29.7. The van der Waals surface area contributed by atoms with Crippen LogP contribution in [0.15, 0.2) is 107 Å². The maximum absolute atomic E-state index is 15.1. The summed E-state index contributed by atoms with van der Waals surface area (Å²) in [4.78, 5) is 71.1. The van der Waals surface area contributed by atoms with E-state index in [9.17, 15) is 0 Å². The van der Waals surface area contributed by atoms with E-state index >= 15 is 19.2 Å². The van der Waals surface area contributed by atoms with Gasteiger partial charge in [0.2, 0.25) is 0 Å². The summed E-state index contributed by atoms with van der Waals surface area (Å²) in [6.45, 7) is 11.3. The van der Waals surface area contributed by atoms with Crippen LogP contribution in [0.4, 0.5) is 0 Å². The van der Waals surface area contributed by atoms with E-state index < -0.39 is 0 Å². The molecule has 3 aromatic rings. The largest absolute Gasteiger partial charge is 0.310 e. The van der Waals surface area contributed by atoms with Crippen LogP contribution >= 0.6 is 23.1 Å². The molecule has 4 amide bonds. The fourth-order valence-electron chi connectivity index (χ4n) is 11.7. The molecule has 0 spiro atoms. The highest BCUT2D eigenvalue weighted by Gasteiger charge is 2.51. The topological polar surface area (TPSA) is 81.2 Å². The summed E-state index contributed by atoms with van der Waals surface area (Å²) >= 11 is 3.40. The van der Waals surface area contributed by atoms with Gasteiger partial charge in [0, 0.05) is 41.7 Å². The number of rotatable bonds is 33. The molecule has 2 aromatic carbocycles. The minimum atomic E-state index is -0.115. The molecule has 5 aliphatic rings. The van der Waals surface area contributed by atoms with Crippen molar-refractivity contribution in [1.29, 1.82) is 0 Å². The molecule has 6 heterocycles. The van der Waals surface area contributed by atoms with Gasteiger partial charge in [-0.2, -0.15) is 0 Å². The Morgan fingerprint density at radius 2 is 0.743 bits per heavy atom. The summed E-state index contributed by atoms with van der Waals surface area (Å²) < 4.78 is 0. The van der Waals surface area contributed by atoms with Crippen molar-refractivity contribution in [3.63, 3.8) is 0 Å². The van der Waals surface area contributed by atoms with Crippen molar-refractivity contribution in [1.82, 2.24) is 19.6 Å². The number of unbranched alkanes of at least 4 members (excludes halogenated alkanes) is 20. The maximum atomic E-state index is 15.1. The van der Waals surface area contributed by atoms with Gasteiger partial charge in [-0.3, -0.25) is 19.2 Å². The number of hydrogen-bond acceptors (Lipinski definition) is 6. The number of amides is 4. The number of thiophene rings is 1. The Morgan fingerprint density at radius 3 is 1.20 bits per heavy atom. The van der Waals surface area contributed by atoms with Gasteiger partial charge in [-0.05, 0) is 55.4 Å². The van der Waals surface area contributed by atoms with E-state index in [1.54, 1.807) is 23.1 Å². The zero-order valence-electron chi connectivity index (χ0n) is 45.3. The first kappa shape index (κ1) is 55.3. The highest BCUT2D eigenvalue weighted by atomic mass is 32.2. The number of carbonyl (C=O) groups is 4. The van der Waals surface area contributed by atoms with Gasteiger partial charge in [0.25, 0.3) is 23.6 Å². The van der Waals surface area contributed by atoms with Crippen molar-refractivity contribution in [3.05, 3.63) is 128 Å². The van der Waals surface area contributed by atoms with Gasteiger partial charge in [0.15, 0.2) is 0 Å². The van der Waals surface area contributed by atoms with Crippen molar-refractivity contribution in [2.24, 2.45) is 0 Å². The molecular formula is C64H84N4O4S2. The van der Waals surface area contributed by atoms with E-state index in [0.717, 1.165) is 126 Å². The number of hydrogen-bond donors (Lipinski definition) is 0. The van der Waals surface area contributed by atoms with Crippen LogP contribution < -0.4 is 0 Å². The second kappa shape index (κ2) is 27.7. The molecule has 1 aromatic heterocycles. The Hall–Kier alpha value is -4.93. The van der Waals surface area contributed by atoms with Crippen LogP contribution in [0.1, 0.15) is 209 Å². The van der Waals surface area contributed by atoms with Crippen molar-refractivity contribution in [3.8, 4) is 0 Å². The molecule has 0 fully saturated rings. The van der Waals surface area contributed by atoms with Gasteiger partial charge in [-0.1, -0.05) is 223 Å². The summed E-state index contributed by atoms with van der Waals surface area (Å²) in [7, 11) is 0. The quantitative estimate of drug-likeness (QED) is 0.0568. The lowest BCUT2D eigenvalue weighted by Crippen LogP contribution is -2.34. The molecular weight excluding hydrogens is 953 g/mol. The molecule has 0 saturated heterocycles. The SMILES string of the molecule is CCCCCCCCN1C(=O)C2=C(c3ccc(C4=CCC(C5=C6C(=O)N(CCCCCCCC)C(c7ccccc7)=C6C(=O)N5CCCCCCCC)S4)s3)N(CCCCCCCC)C(=O)C2=C1c1ccccc1. The van der Waals surface area contributed by atoms with Crippen LogP contribution in [-0.2, 0) is 19.2 Å². The molecule has 0 radical (unpaired) electrons. The monoisotopic (exact) mass is 1040 g/mol. The Labute approximate surface area is 452 Å². The van der Waals surface area contributed by atoms with Crippen molar-refractivity contribution < 1.29 is 19.2 Å². The number of benzene rings is 2. The Kier molecular flexibility index (Phi) is 20.7. The molecule has 0 saturated carbocycles. The predicted molar refractivity (Wildman–Crippen MR) is 309 cm³/mol. The second-order valence-corrected chi connectivity index (χ2v) is 23.5. The zero-order chi connectivity index (χ0) is 51.8. The molecule has 1 unspecified atom stereocenters. The van der Waals surface area contributed by atoms with E-state index in [1.807, 2.05) is 80.3 Å². The minimum absolute atomic E-state index is 0.0380. The molecule has 8 nitrogen and oxygen atoms in total. The van der Waals surface area contributed by atoms with Crippen LogP contribution in [-0.4, -0.2) is 74.7 Å². The van der Waals surface area contributed by atoms with E-state index in [-0.39, 0.29) is 28.9 Å². The van der Waals surface area contributed by atoms with Crippen LogP contribution in [0, 0.1) is 0 Å². The van der Waals surface area contributed by atoms with Gasteiger partial charge in [0.1, 0.15) is 0 Å². The van der Waals surface area contributed by atoms with Crippen LogP contribution in [0.3, 0.4) is 0 Å². The van der Waals surface area contributed by atoms with Crippen LogP contribution in [0.2, 0.25) is 0 Å².